The Bertz CT molecular complexity index is 1290. The van der Waals surface area contributed by atoms with Crippen molar-refractivity contribution in [2.75, 3.05) is 0 Å². The van der Waals surface area contributed by atoms with Gasteiger partial charge in [-0.3, -0.25) is 0 Å². The second-order valence-corrected chi connectivity index (χ2v) is 31.8. The van der Waals surface area contributed by atoms with Crippen LogP contribution in [0.4, 0.5) is 0 Å². The standard InChI is InChI=1S/C24H27.C10H15.2CH3.Hf/c1-3-24(4-2)16-21-14-20-13-12-19(23(20)15-22(21)17-24)11-10-18-8-6-5-7-9-18;1-6-7(2)9(4)10(5)8(6)3;;;/h5-9,12-15H,3-4,10-11,16-17H2,1-2H3;1-5H3;2*1H3;. The topological polar surface area (TPSA) is 0 Å². The van der Waals surface area contributed by atoms with Crippen molar-refractivity contribution >= 4 is 6.08 Å². The van der Waals surface area contributed by atoms with E-state index in [0.717, 1.165) is 6.42 Å². The van der Waals surface area contributed by atoms with Crippen molar-refractivity contribution in [2.24, 2.45) is 5.41 Å². The molecule has 0 fully saturated rings. The molecule has 2 aromatic carbocycles. The minimum atomic E-state index is -3.22. The van der Waals surface area contributed by atoms with E-state index in [0.29, 0.717) is 5.41 Å². The van der Waals surface area contributed by atoms with Crippen LogP contribution in [0.1, 0.15) is 95.5 Å². The van der Waals surface area contributed by atoms with Gasteiger partial charge in [0.2, 0.25) is 0 Å². The average Bonchev–Trinajstić information content (AvgIpc) is 3.51. The molecule has 0 radical (unpaired) electrons. The predicted octanol–water partition coefficient (Wildman–Crippen LogP) is 10.6. The Kier molecular flexibility index (Phi) is 6.83. The van der Waals surface area contributed by atoms with Gasteiger partial charge in [0.1, 0.15) is 0 Å². The van der Waals surface area contributed by atoms with Crippen LogP contribution in [0.5, 0.6) is 0 Å². The molecular weight excluding hydrogens is 611 g/mol. The quantitative estimate of drug-likeness (QED) is 0.260. The van der Waals surface area contributed by atoms with Crippen LogP contribution < -0.4 is 0 Å². The third-order valence-corrected chi connectivity index (χ3v) is 34.4. The van der Waals surface area contributed by atoms with Gasteiger partial charge in [0.15, 0.2) is 0 Å². The summed E-state index contributed by atoms with van der Waals surface area (Å²) < 4.78 is 6.02. The van der Waals surface area contributed by atoms with Gasteiger partial charge < -0.3 is 0 Å². The van der Waals surface area contributed by atoms with Gasteiger partial charge in [0.25, 0.3) is 0 Å². The van der Waals surface area contributed by atoms with Crippen LogP contribution >= 0.6 is 0 Å². The fraction of sp³-hybridized carbons (Fsp3) is 0.500. The number of allylic oxidation sites excluding steroid dienone is 5. The summed E-state index contributed by atoms with van der Waals surface area (Å²) in [5.41, 5.74) is 14.9. The van der Waals surface area contributed by atoms with E-state index in [-0.39, 0.29) is 6.34 Å². The van der Waals surface area contributed by atoms with E-state index in [1.807, 2.05) is 0 Å². The molecule has 0 saturated carbocycles. The second kappa shape index (κ2) is 9.32. The monoisotopic (exact) mass is 660 g/mol. The number of fused-ring (bicyclic) bond motifs is 2. The molecule has 1 atom stereocenters. The van der Waals surface area contributed by atoms with Gasteiger partial charge >= 0.3 is 233 Å². The fourth-order valence-electron chi connectivity index (χ4n) is 8.54. The summed E-state index contributed by atoms with van der Waals surface area (Å²) in [5.74, 6) is 0. The van der Waals surface area contributed by atoms with Crippen molar-refractivity contribution < 1.29 is 20.0 Å². The number of hydrogen-bond acceptors (Lipinski definition) is 0. The molecule has 196 valence electrons. The van der Waals surface area contributed by atoms with E-state index in [4.69, 9.17) is 0 Å². The zero-order valence-electron chi connectivity index (χ0n) is 24.9. The normalized spacial score (nSPS) is 23.7. The Balaban J connectivity index is 1.68. The Morgan fingerprint density at radius 3 is 1.95 bits per heavy atom. The fourth-order valence-corrected chi connectivity index (χ4v) is 27.5. The van der Waals surface area contributed by atoms with Crippen molar-refractivity contribution in [2.45, 2.75) is 103 Å². The summed E-state index contributed by atoms with van der Waals surface area (Å²) in [4.78, 5) is 0. The molecular formula is C36H48Hf. The Morgan fingerprint density at radius 1 is 0.811 bits per heavy atom. The summed E-state index contributed by atoms with van der Waals surface area (Å²) in [6.45, 7) is 17.1. The molecule has 0 spiro atoms. The average molecular weight is 659 g/mol. The first kappa shape index (κ1) is 27.1. The first-order valence-electron chi connectivity index (χ1n) is 14.7. The van der Waals surface area contributed by atoms with Crippen LogP contribution in [-0.2, 0) is 42.4 Å². The van der Waals surface area contributed by atoms with Gasteiger partial charge in [-0.25, -0.2) is 0 Å². The van der Waals surface area contributed by atoms with Crippen molar-refractivity contribution in [3.63, 3.8) is 0 Å². The molecule has 1 unspecified atom stereocenters. The molecule has 0 bridgehead atoms. The van der Waals surface area contributed by atoms with E-state index >= 15 is 0 Å². The second-order valence-electron chi connectivity index (χ2n) is 13.3. The molecule has 0 aromatic heterocycles. The zero-order chi connectivity index (χ0) is 26.8. The summed E-state index contributed by atoms with van der Waals surface area (Å²) in [6, 6.07) is 16.6. The molecule has 5 rings (SSSR count). The molecule has 0 nitrogen and oxygen atoms in total. The van der Waals surface area contributed by atoms with Crippen LogP contribution in [0.3, 0.4) is 0 Å². The molecule has 2 aromatic rings. The Hall–Kier alpha value is -1.47. The SMILES string of the molecule is CCC1(CC)Cc2cc3c(cc2C1)[C](CCc1ccccc1)([Hf]([CH3])([CH3])[C]1(C)C(C)=C(C)C(C)=C1C)C=C3. The minimum absolute atomic E-state index is 0.194. The molecule has 0 N–H and O–H groups in total. The van der Waals surface area contributed by atoms with Gasteiger partial charge in [0, 0.05) is 0 Å². The molecule has 0 amide bonds. The predicted molar refractivity (Wildman–Crippen MR) is 159 cm³/mol. The van der Waals surface area contributed by atoms with Crippen LogP contribution in [0.15, 0.2) is 70.8 Å². The van der Waals surface area contributed by atoms with E-state index in [2.05, 4.69) is 112 Å². The van der Waals surface area contributed by atoms with Crippen molar-refractivity contribution in [1.82, 2.24) is 0 Å². The number of rotatable bonds is 7. The molecule has 37 heavy (non-hydrogen) atoms. The zero-order valence-corrected chi connectivity index (χ0v) is 28.5. The van der Waals surface area contributed by atoms with E-state index in [1.165, 1.54) is 43.2 Å². The van der Waals surface area contributed by atoms with Crippen LogP contribution in [0, 0.1) is 5.41 Å². The maximum absolute atomic E-state index is 3.22. The number of benzene rings is 2. The summed E-state index contributed by atoms with van der Waals surface area (Å²) >= 11 is -3.22. The van der Waals surface area contributed by atoms with Gasteiger partial charge in [-0.15, -0.1) is 0 Å². The third kappa shape index (κ3) is 3.76. The Labute approximate surface area is 231 Å². The molecule has 0 heterocycles. The Morgan fingerprint density at radius 2 is 1.38 bits per heavy atom. The van der Waals surface area contributed by atoms with Crippen LogP contribution in [0.25, 0.3) is 6.08 Å². The van der Waals surface area contributed by atoms with Gasteiger partial charge in [-0.2, -0.15) is 0 Å². The van der Waals surface area contributed by atoms with Crippen LogP contribution in [0.2, 0.25) is 12.5 Å². The maximum atomic E-state index is 2.80. The van der Waals surface area contributed by atoms with Gasteiger partial charge in [-0.05, 0) is 0 Å². The van der Waals surface area contributed by atoms with Crippen LogP contribution in [-0.4, -0.2) is 0 Å². The third-order valence-electron chi connectivity index (χ3n) is 12.2. The summed E-state index contributed by atoms with van der Waals surface area (Å²) in [6.07, 6.45) is 12.7. The van der Waals surface area contributed by atoms with Crippen molar-refractivity contribution in [3.05, 3.63) is 98.7 Å². The molecule has 0 aliphatic heterocycles. The summed E-state index contributed by atoms with van der Waals surface area (Å²) in [5, 5.41) is 0. The van der Waals surface area contributed by atoms with E-state index in [1.54, 1.807) is 39.0 Å². The molecule has 1 heteroatoms. The number of hydrogen-bond donors (Lipinski definition) is 0. The van der Waals surface area contributed by atoms with Crippen molar-refractivity contribution in [3.8, 4) is 0 Å². The van der Waals surface area contributed by atoms with Crippen molar-refractivity contribution in [1.29, 1.82) is 0 Å². The first-order chi connectivity index (χ1) is 17.5. The van der Waals surface area contributed by atoms with Gasteiger partial charge in [-0.1, -0.05) is 0 Å². The molecule has 3 aliphatic rings. The summed E-state index contributed by atoms with van der Waals surface area (Å²) in [7, 11) is 0. The number of aryl methyl sites for hydroxylation is 1. The van der Waals surface area contributed by atoms with E-state index < -0.39 is 20.0 Å². The molecule has 0 saturated heterocycles. The van der Waals surface area contributed by atoms with E-state index in [9.17, 15) is 0 Å². The first-order valence-corrected chi connectivity index (χ1v) is 25.5. The van der Waals surface area contributed by atoms with Gasteiger partial charge in [0.05, 0.1) is 0 Å². The molecule has 3 aliphatic carbocycles.